The molecule has 92 valence electrons. The number of nitrogens with zero attached hydrogens (tertiary/aromatic N) is 1. The molecule has 6 nitrogen and oxygen atoms in total. The first-order chi connectivity index (χ1) is 8.66. The molecule has 3 N–H and O–H groups in total. The minimum atomic E-state index is -0.523. The molecule has 0 aliphatic rings. The van der Waals surface area contributed by atoms with Crippen LogP contribution in [-0.4, -0.2) is 16.2 Å². The molecule has 0 radical (unpaired) electrons. The Kier molecular flexibility index (Phi) is 3.38. The highest BCUT2D eigenvalue weighted by molar-refractivity contribution is 5.80. The molecule has 6 heteroatoms. The van der Waals surface area contributed by atoms with Crippen molar-refractivity contribution in [3.05, 3.63) is 62.4 Å². The summed E-state index contributed by atoms with van der Waals surface area (Å²) in [5, 5.41) is 3.95. The minimum absolute atomic E-state index is 0.318. The number of rotatable bonds is 3. The summed E-state index contributed by atoms with van der Waals surface area (Å²) in [5.41, 5.74) is 3.41. The lowest BCUT2D eigenvalue weighted by Gasteiger charge is -1.99. The summed E-state index contributed by atoms with van der Waals surface area (Å²) in [7, 11) is 0. The number of hydrazone groups is 1. The van der Waals surface area contributed by atoms with E-state index in [0.717, 1.165) is 5.69 Å². The molecule has 18 heavy (non-hydrogen) atoms. The van der Waals surface area contributed by atoms with Crippen molar-refractivity contribution in [2.75, 3.05) is 5.43 Å². The maximum absolute atomic E-state index is 11.5. The zero-order valence-corrected chi connectivity index (χ0v) is 9.73. The number of hydrogen-bond donors (Lipinski definition) is 3. The predicted molar refractivity (Wildman–Crippen MR) is 70.1 cm³/mol. The van der Waals surface area contributed by atoms with Crippen LogP contribution in [0.5, 0.6) is 0 Å². The zero-order valence-electron chi connectivity index (χ0n) is 9.73. The maximum Gasteiger partial charge on any atom is 0.325 e. The van der Waals surface area contributed by atoms with Gasteiger partial charge in [-0.05, 0) is 19.1 Å². The number of aromatic nitrogens is 2. The van der Waals surface area contributed by atoms with Gasteiger partial charge in [0.15, 0.2) is 0 Å². The van der Waals surface area contributed by atoms with Crippen LogP contribution >= 0.6 is 0 Å². The van der Waals surface area contributed by atoms with Gasteiger partial charge in [-0.1, -0.05) is 18.2 Å². The highest BCUT2D eigenvalue weighted by Crippen LogP contribution is 2.04. The van der Waals surface area contributed by atoms with E-state index in [-0.39, 0.29) is 0 Å². The van der Waals surface area contributed by atoms with E-state index in [9.17, 15) is 9.59 Å². The second-order valence-electron chi connectivity index (χ2n) is 3.68. The van der Waals surface area contributed by atoms with Crippen LogP contribution in [0.3, 0.4) is 0 Å². The van der Waals surface area contributed by atoms with Crippen molar-refractivity contribution in [2.24, 2.45) is 5.10 Å². The molecule has 2 rings (SSSR count). The number of hydrogen-bond acceptors (Lipinski definition) is 4. The molecule has 0 aliphatic carbocycles. The zero-order chi connectivity index (χ0) is 13.0. The van der Waals surface area contributed by atoms with E-state index in [2.05, 4.69) is 20.5 Å². The van der Waals surface area contributed by atoms with Crippen LogP contribution in [0.4, 0.5) is 5.69 Å². The Morgan fingerprint density at radius 1 is 1.17 bits per heavy atom. The molecule has 1 heterocycles. The van der Waals surface area contributed by atoms with Gasteiger partial charge in [0.25, 0.3) is 5.56 Å². The summed E-state index contributed by atoms with van der Waals surface area (Å²) in [4.78, 5) is 27.1. The van der Waals surface area contributed by atoms with Gasteiger partial charge in [-0.15, -0.1) is 0 Å². The Labute approximate surface area is 102 Å². The number of aromatic amines is 2. The number of aryl methyl sites for hydroxylation is 1. The van der Waals surface area contributed by atoms with Crippen LogP contribution in [0.25, 0.3) is 0 Å². The number of benzene rings is 1. The Hall–Kier alpha value is -2.63. The van der Waals surface area contributed by atoms with Gasteiger partial charge in [-0.3, -0.25) is 15.2 Å². The lowest BCUT2D eigenvalue weighted by Crippen LogP contribution is -2.26. The molecule has 1 aromatic heterocycles. The molecule has 0 amide bonds. The van der Waals surface area contributed by atoms with E-state index in [1.54, 1.807) is 6.92 Å². The molecule has 0 saturated heterocycles. The number of anilines is 1. The third kappa shape index (κ3) is 2.73. The van der Waals surface area contributed by atoms with Crippen molar-refractivity contribution in [3.8, 4) is 0 Å². The largest absolute Gasteiger partial charge is 0.325 e. The Bertz CT molecular complexity index is 670. The third-order valence-corrected chi connectivity index (χ3v) is 2.34. The van der Waals surface area contributed by atoms with Gasteiger partial charge in [0.2, 0.25) is 0 Å². The molecule has 0 atom stereocenters. The molecule has 0 unspecified atom stereocenters. The lowest BCUT2D eigenvalue weighted by atomic mass is 10.2. The quantitative estimate of drug-likeness (QED) is 0.551. The first kappa shape index (κ1) is 11.8. The maximum atomic E-state index is 11.5. The number of para-hydroxylation sites is 1. The van der Waals surface area contributed by atoms with Gasteiger partial charge >= 0.3 is 5.69 Å². The van der Waals surface area contributed by atoms with Crippen LogP contribution in [0, 0.1) is 6.92 Å². The van der Waals surface area contributed by atoms with Crippen molar-refractivity contribution < 1.29 is 0 Å². The van der Waals surface area contributed by atoms with E-state index in [1.165, 1.54) is 6.21 Å². The Morgan fingerprint density at radius 2 is 1.89 bits per heavy atom. The molecule has 0 spiro atoms. The normalized spacial score (nSPS) is 10.7. The summed E-state index contributed by atoms with van der Waals surface area (Å²) < 4.78 is 0. The fourth-order valence-corrected chi connectivity index (χ4v) is 1.45. The molecule has 0 saturated carbocycles. The standard InChI is InChI=1S/C12H12N4O2/c1-8-10(11(17)15-12(18)14-8)7-13-16-9-5-3-2-4-6-9/h2-7,16H,1H3,(H2,14,15,17,18)/b13-7-. The summed E-state index contributed by atoms with van der Waals surface area (Å²) in [6.45, 7) is 1.64. The van der Waals surface area contributed by atoms with Crippen LogP contribution < -0.4 is 16.7 Å². The van der Waals surface area contributed by atoms with E-state index in [1.807, 2.05) is 30.3 Å². The van der Waals surface area contributed by atoms with Crippen molar-refractivity contribution in [1.29, 1.82) is 0 Å². The van der Waals surface area contributed by atoms with Gasteiger partial charge in [-0.2, -0.15) is 5.10 Å². The Balaban J connectivity index is 2.20. The summed E-state index contributed by atoms with van der Waals surface area (Å²) in [6, 6.07) is 9.33. The SMILES string of the molecule is Cc1[nH]c(=O)[nH]c(=O)c1/C=N\Nc1ccccc1. The molecule has 2 aromatic rings. The Morgan fingerprint density at radius 3 is 2.56 bits per heavy atom. The second kappa shape index (κ2) is 5.13. The summed E-state index contributed by atoms with van der Waals surface area (Å²) >= 11 is 0. The average Bonchev–Trinajstić information content (AvgIpc) is 2.34. The van der Waals surface area contributed by atoms with Crippen molar-refractivity contribution >= 4 is 11.9 Å². The van der Waals surface area contributed by atoms with Crippen LogP contribution in [0.2, 0.25) is 0 Å². The van der Waals surface area contributed by atoms with E-state index in [0.29, 0.717) is 11.3 Å². The van der Waals surface area contributed by atoms with Crippen molar-refractivity contribution in [3.63, 3.8) is 0 Å². The van der Waals surface area contributed by atoms with E-state index in [4.69, 9.17) is 0 Å². The highest BCUT2D eigenvalue weighted by Gasteiger charge is 2.01. The molecular formula is C12H12N4O2. The van der Waals surface area contributed by atoms with E-state index >= 15 is 0 Å². The summed E-state index contributed by atoms with van der Waals surface area (Å²) in [5.74, 6) is 0. The third-order valence-electron chi connectivity index (χ3n) is 2.34. The second-order valence-corrected chi connectivity index (χ2v) is 3.68. The molecular weight excluding hydrogens is 232 g/mol. The molecule has 0 aliphatic heterocycles. The minimum Gasteiger partial charge on any atom is -0.311 e. The van der Waals surface area contributed by atoms with Crippen molar-refractivity contribution in [1.82, 2.24) is 9.97 Å². The predicted octanol–water partition coefficient (Wildman–Crippen LogP) is 0.818. The monoisotopic (exact) mass is 244 g/mol. The van der Waals surface area contributed by atoms with Gasteiger partial charge in [0, 0.05) is 5.69 Å². The molecule has 1 aromatic carbocycles. The van der Waals surface area contributed by atoms with E-state index < -0.39 is 11.2 Å². The van der Waals surface area contributed by atoms with Gasteiger partial charge in [0.05, 0.1) is 17.5 Å². The smallest absolute Gasteiger partial charge is 0.311 e. The van der Waals surface area contributed by atoms with Gasteiger partial charge < -0.3 is 4.98 Å². The first-order valence-electron chi connectivity index (χ1n) is 5.34. The first-order valence-corrected chi connectivity index (χ1v) is 5.34. The fraction of sp³-hybridized carbons (Fsp3) is 0.0833. The van der Waals surface area contributed by atoms with Crippen LogP contribution in [0.1, 0.15) is 11.3 Å². The lowest BCUT2D eigenvalue weighted by molar-refractivity contribution is 0.988. The van der Waals surface area contributed by atoms with Gasteiger partial charge in [-0.25, -0.2) is 4.79 Å². The van der Waals surface area contributed by atoms with Crippen molar-refractivity contribution in [2.45, 2.75) is 6.92 Å². The van der Waals surface area contributed by atoms with Gasteiger partial charge in [0.1, 0.15) is 0 Å². The fourth-order valence-electron chi connectivity index (χ4n) is 1.45. The summed E-state index contributed by atoms with van der Waals surface area (Å²) in [6.07, 6.45) is 1.37. The topological polar surface area (TPSA) is 90.1 Å². The van der Waals surface area contributed by atoms with Crippen LogP contribution in [0.15, 0.2) is 45.0 Å². The number of H-pyrrole nitrogens is 2. The molecule has 0 fully saturated rings. The molecule has 0 bridgehead atoms. The van der Waals surface area contributed by atoms with Crippen LogP contribution in [-0.2, 0) is 0 Å². The number of nitrogens with one attached hydrogen (secondary N) is 3. The highest BCUT2D eigenvalue weighted by atomic mass is 16.2. The average molecular weight is 244 g/mol.